The summed E-state index contributed by atoms with van der Waals surface area (Å²) in [4.78, 5) is 0. The van der Waals surface area contributed by atoms with E-state index in [1.165, 1.54) is 32.2 Å². The molecule has 2 rings (SSSR count). The van der Waals surface area contributed by atoms with E-state index >= 15 is 0 Å². The van der Waals surface area contributed by atoms with Crippen LogP contribution in [-0.2, 0) is 4.74 Å². The van der Waals surface area contributed by atoms with Gasteiger partial charge in [-0.3, -0.25) is 0 Å². The van der Waals surface area contributed by atoms with Gasteiger partial charge >= 0.3 is 0 Å². The number of hydrogen-bond acceptors (Lipinski definition) is 3. The van der Waals surface area contributed by atoms with Crippen molar-refractivity contribution in [1.29, 1.82) is 0 Å². The molecule has 0 radical (unpaired) electrons. The van der Waals surface area contributed by atoms with Crippen LogP contribution in [0.3, 0.4) is 0 Å². The van der Waals surface area contributed by atoms with Crippen molar-refractivity contribution >= 4 is 0 Å². The van der Waals surface area contributed by atoms with Gasteiger partial charge in [0.1, 0.15) is 0 Å². The predicted octanol–water partition coefficient (Wildman–Crippen LogP) is 1.39. The molecule has 0 aromatic carbocycles. The van der Waals surface area contributed by atoms with Gasteiger partial charge in [-0.15, -0.1) is 0 Å². The highest BCUT2D eigenvalue weighted by Crippen LogP contribution is 2.28. The summed E-state index contributed by atoms with van der Waals surface area (Å²) in [5, 5.41) is 7.10. The van der Waals surface area contributed by atoms with Crippen molar-refractivity contribution in [3.05, 3.63) is 0 Å². The number of rotatable bonds is 7. The van der Waals surface area contributed by atoms with E-state index in [9.17, 15) is 0 Å². The summed E-state index contributed by atoms with van der Waals surface area (Å²) in [5.74, 6) is 1.69. The third-order valence-electron chi connectivity index (χ3n) is 4.03. The number of nitrogens with one attached hydrogen (secondary N) is 2. The Kier molecular flexibility index (Phi) is 5.07. The topological polar surface area (TPSA) is 33.3 Å². The Morgan fingerprint density at radius 3 is 2.81 bits per heavy atom. The second-order valence-corrected chi connectivity index (χ2v) is 5.25. The molecule has 16 heavy (non-hydrogen) atoms. The highest BCUT2D eigenvalue weighted by molar-refractivity contribution is 4.82. The van der Waals surface area contributed by atoms with Crippen LogP contribution in [0.1, 0.15) is 32.6 Å². The average molecular weight is 226 g/mol. The van der Waals surface area contributed by atoms with Crippen LogP contribution < -0.4 is 10.6 Å². The highest BCUT2D eigenvalue weighted by atomic mass is 16.5. The highest BCUT2D eigenvalue weighted by Gasteiger charge is 2.26. The fourth-order valence-corrected chi connectivity index (χ4v) is 2.66. The van der Waals surface area contributed by atoms with Gasteiger partial charge in [-0.2, -0.15) is 0 Å². The molecule has 0 aromatic rings. The molecule has 0 bridgehead atoms. The third kappa shape index (κ3) is 3.44. The summed E-state index contributed by atoms with van der Waals surface area (Å²) in [6.45, 7) is 7.34. The summed E-state index contributed by atoms with van der Waals surface area (Å²) in [6.07, 6.45) is 5.77. The lowest BCUT2D eigenvalue weighted by Crippen LogP contribution is -2.40. The van der Waals surface area contributed by atoms with E-state index in [4.69, 9.17) is 4.74 Å². The number of ether oxygens (including phenoxy) is 1. The molecular formula is C13H26N2O. The maximum Gasteiger partial charge on any atom is 0.0623 e. The smallest absolute Gasteiger partial charge is 0.0623 e. The van der Waals surface area contributed by atoms with Gasteiger partial charge in [0.15, 0.2) is 0 Å². The first-order valence-corrected chi connectivity index (χ1v) is 6.92. The summed E-state index contributed by atoms with van der Waals surface area (Å²) < 4.78 is 5.53. The molecule has 1 saturated heterocycles. The van der Waals surface area contributed by atoms with E-state index in [-0.39, 0.29) is 0 Å². The molecule has 3 heteroatoms. The quantitative estimate of drug-likeness (QED) is 0.644. The molecular weight excluding hydrogens is 200 g/mol. The SMILES string of the molecule is CCNC1COCC1CNCCC1CCC1. The molecule has 0 spiro atoms. The van der Waals surface area contributed by atoms with E-state index in [0.717, 1.165) is 32.2 Å². The van der Waals surface area contributed by atoms with Crippen LogP contribution in [0.15, 0.2) is 0 Å². The van der Waals surface area contributed by atoms with Crippen LogP contribution in [0.4, 0.5) is 0 Å². The molecule has 1 aliphatic carbocycles. The van der Waals surface area contributed by atoms with Crippen LogP contribution in [0, 0.1) is 11.8 Å². The van der Waals surface area contributed by atoms with Crippen LogP contribution in [0.25, 0.3) is 0 Å². The second kappa shape index (κ2) is 6.58. The maximum atomic E-state index is 5.53. The Hall–Kier alpha value is -0.120. The van der Waals surface area contributed by atoms with Gasteiger partial charge in [0, 0.05) is 18.5 Å². The van der Waals surface area contributed by atoms with E-state index in [1.54, 1.807) is 0 Å². The third-order valence-corrected chi connectivity index (χ3v) is 4.03. The van der Waals surface area contributed by atoms with E-state index < -0.39 is 0 Å². The first kappa shape index (κ1) is 12.3. The monoisotopic (exact) mass is 226 g/mol. The van der Waals surface area contributed by atoms with E-state index in [1.807, 2.05) is 0 Å². The van der Waals surface area contributed by atoms with Crippen molar-refractivity contribution in [2.24, 2.45) is 11.8 Å². The molecule has 94 valence electrons. The lowest BCUT2D eigenvalue weighted by Gasteiger charge is -2.26. The molecule has 3 nitrogen and oxygen atoms in total. The van der Waals surface area contributed by atoms with Crippen LogP contribution >= 0.6 is 0 Å². The standard InChI is InChI=1S/C13H26N2O/c1-2-15-13-10-16-9-12(13)8-14-7-6-11-4-3-5-11/h11-15H,2-10H2,1H3. The molecule has 2 aliphatic rings. The largest absolute Gasteiger partial charge is 0.379 e. The fraction of sp³-hybridized carbons (Fsp3) is 1.00. The molecule has 0 aromatic heterocycles. The zero-order chi connectivity index (χ0) is 11.2. The van der Waals surface area contributed by atoms with Crippen molar-refractivity contribution in [1.82, 2.24) is 10.6 Å². The second-order valence-electron chi connectivity index (χ2n) is 5.25. The maximum absolute atomic E-state index is 5.53. The Morgan fingerprint density at radius 2 is 2.12 bits per heavy atom. The molecule has 2 N–H and O–H groups in total. The summed E-state index contributed by atoms with van der Waals surface area (Å²) in [7, 11) is 0. The lowest BCUT2D eigenvalue weighted by atomic mass is 9.83. The Morgan fingerprint density at radius 1 is 1.25 bits per heavy atom. The molecule has 1 aliphatic heterocycles. The Balaban J connectivity index is 1.53. The molecule has 1 heterocycles. The van der Waals surface area contributed by atoms with E-state index in [0.29, 0.717) is 12.0 Å². The normalized spacial score (nSPS) is 30.6. The zero-order valence-corrected chi connectivity index (χ0v) is 10.5. The van der Waals surface area contributed by atoms with Crippen molar-refractivity contribution < 1.29 is 4.74 Å². The Bertz CT molecular complexity index is 194. The van der Waals surface area contributed by atoms with Crippen LogP contribution in [0.2, 0.25) is 0 Å². The van der Waals surface area contributed by atoms with Crippen molar-refractivity contribution in [2.45, 2.75) is 38.6 Å². The van der Waals surface area contributed by atoms with Crippen molar-refractivity contribution in [2.75, 3.05) is 32.8 Å². The summed E-state index contributed by atoms with van der Waals surface area (Å²) in [6, 6.07) is 0.571. The van der Waals surface area contributed by atoms with Gasteiger partial charge in [-0.1, -0.05) is 26.2 Å². The molecule has 0 amide bonds. The van der Waals surface area contributed by atoms with Crippen LogP contribution in [0.5, 0.6) is 0 Å². The van der Waals surface area contributed by atoms with Gasteiger partial charge < -0.3 is 15.4 Å². The minimum Gasteiger partial charge on any atom is -0.379 e. The molecule has 2 unspecified atom stereocenters. The number of hydrogen-bond donors (Lipinski definition) is 2. The van der Waals surface area contributed by atoms with E-state index in [2.05, 4.69) is 17.6 Å². The minimum atomic E-state index is 0.571. The molecule has 2 atom stereocenters. The molecule has 1 saturated carbocycles. The van der Waals surface area contributed by atoms with Gasteiger partial charge in [0.25, 0.3) is 0 Å². The summed E-state index contributed by atoms with van der Waals surface area (Å²) >= 11 is 0. The van der Waals surface area contributed by atoms with Crippen LogP contribution in [-0.4, -0.2) is 38.9 Å². The van der Waals surface area contributed by atoms with Gasteiger partial charge in [-0.25, -0.2) is 0 Å². The lowest BCUT2D eigenvalue weighted by molar-refractivity contribution is 0.182. The molecule has 2 fully saturated rings. The van der Waals surface area contributed by atoms with Gasteiger partial charge in [0.2, 0.25) is 0 Å². The zero-order valence-electron chi connectivity index (χ0n) is 10.5. The average Bonchev–Trinajstić information content (AvgIpc) is 2.63. The Labute approximate surface area is 99.3 Å². The van der Waals surface area contributed by atoms with Crippen molar-refractivity contribution in [3.8, 4) is 0 Å². The fourth-order valence-electron chi connectivity index (χ4n) is 2.66. The number of likely N-dealkylation sites (N-methyl/N-ethyl adjacent to an activating group) is 1. The summed E-state index contributed by atoms with van der Waals surface area (Å²) in [5.41, 5.74) is 0. The predicted molar refractivity (Wildman–Crippen MR) is 66.6 cm³/mol. The first-order valence-electron chi connectivity index (χ1n) is 6.92. The van der Waals surface area contributed by atoms with Gasteiger partial charge in [-0.05, 0) is 25.4 Å². The van der Waals surface area contributed by atoms with Gasteiger partial charge in [0.05, 0.1) is 13.2 Å². The minimum absolute atomic E-state index is 0.571. The first-order chi connectivity index (χ1) is 7.90. The van der Waals surface area contributed by atoms with Crippen molar-refractivity contribution in [3.63, 3.8) is 0 Å².